The maximum atomic E-state index is 10.6. The highest BCUT2D eigenvalue weighted by molar-refractivity contribution is 5.32. The number of nitrogens with one attached hydrogen (secondary N) is 1. The van der Waals surface area contributed by atoms with E-state index in [1.165, 1.54) is 38.5 Å². The van der Waals surface area contributed by atoms with Crippen LogP contribution in [0.25, 0.3) is 0 Å². The van der Waals surface area contributed by atoms with Gasteiger partial charge in [-0.1, -0.05) is 51.2 Å². The zero-order valence-corrected chi connectivity index (χ0v) is 13.3. The molecule has 1 aromatic carbocycles. The molecule has 1 rings (SSSR count). The maximum absolute atomic E-state index is 10.6. The minimum Gasteiger partial charge on any atom is -0.314 e. The van der Waals surface area contributed by atoms with Crippen LogP contribution in [-0.4, -0.2) is 17.5 Å². The third-order valence-corrected chi connectivity index (χ3v) is 3.79. The lowest BCUT2D eigenvalue weighted by atomic mass is 10.1. The predicted octanol–water partition coefficient (Wildman–Crippen LogP) is 4.48. The molecule has 1 atom stereocenters. The van der Waals surface area contributed by atoms with Crippen LogP contribution in [0.2, 0.25) is 0 Å². The number of hydrogen-bond acceptors (Lipinski definition) is 3. The van der Waals surface area contributed by atoms with Crippen LogP contribution >= 0.6 is 0 Å². The van der Waals surface area contributed by atoms with Crippen molar-refractivity contribution >= 4 is 5.69 Å². The molecule has 0 fully saturated rings. The SMILES string of the molecule is CCCCCCCC(C)NCCc1ccc([N+](=O)[O-])cc1. The Kier molecular flexibility index (Phi) is 8.67. The van der Waals surface area contributed by atoms with E-state index in [0.717, 1.165) is 18.5 Å². The summed E-state index contributed by atoms with van der Waals surface area (Å²) in [6.07, 6.45) is 8.77. The van der Waals surface area contributed by atoms with E-state index < -0.39 is 0 Å². The maximum Gasteiger partial charge on any atom is 0.269 e. The molecule has 4 nitrogen and oxygen atoms in total. The average Bonchev–Trinajstić information content (AvgIpc) is 2.47. The van der Waals surface area contributed by atoms with Crippen LogP contribution in [0.15, 0.2) is 24.3 Å². The minimum absolute atomic E-state index is 0.159. The van der Waals surface area contributed by atoms with Gasteiger partial charge in [-0.3, -0.25) is 10.1 Å². The van der Waals surface area contributed by atoms with Gasteiger partial charge in [0.1, 0.15) is 0 Å². The van der Waals surface area contributed by atoms with Crippen LogP contribution in [-0.2, 0) is 6.42 Å². The van der Waals surface area contributed by atoms with Crippen molar-refractivity contribution in [3.63, 3.8) is 0 Å². The van der Waals surface area contributed by atoms with Crippen molar-refractivity contribution in [3.8, 4) is 0 Å². The number of nitro groups is 1. The summed E-state index contributed by atoms with van der Waals surface area (Å²) in [5.74, 6) is 0. The normalized spacial score (nSPS) is 12.3. The third-order valence-electron chi connectivity index (χ3n) is 3.79. The fraction of sp³-hybridized carbons (Fsp3) is 0.647. The number of benzene rings is 1. The van der Waals surface area contributed by atoms with E-state index in [-0.39, 0.29) is 10.6 Å². The largest absolute Gasteiger partial charge is 0.314 e. The summed E-state index contributed by atoms with van der Waals surface area (Å²) < 4.78 is 0. The van der Waals surface area contributed by atoms with Gasteiger partial charge in [-0.25, -0.2) is 0 Å². The van der Waals surface area contributed by atoms with Gasteiger partial charge in [-0.2, -0.15) is 0 Å². The standard InChI is InChI=1S/C17H28N2O2/c1-3-4-5-6-7-8-15(2)18-14-13-16-9-11-17(12-10-16)19(20)21/h9-12,15,18H,3-8,13-14H2,1-2H3. The number of unbranched alkanes of at least 4 members (excludes halogenated alkanes) is 4. The Labute approximate surface area is 128 Å². The number of nitrogens with zero attached hydrogens (tertiary/aromatic N) is 1. The molecule has 1 N–H and O–H groups in total. The number of nitro benzene ring substituents is 1. The minimum atomic E-state index is -0.358. The zero-order valence-electron chi connectivity index (χ0n) is 13.3. The lowest BCUT2D eigenvalue weighted by molar-refractivity contribution is -0.384. The molecule has 0 aliphatic carbocycles. The quantitative estimate of drug-likeness (QED) is 0.372. The molecular formula is C17H28N2O2. The van der Waals surface area contributed by atoms with E-state index in [4.69, 9.17) is 0 Å². The summed E-state index contributed by atoms with van der Waals surface area (Å²) in [5, 5.41) is 14.1. The Morgan fingerprint density at radius 1 is 1.14 bits per heavy atom. The van der Waals surface area contributed by atoms with E-state index in [1.807, 2.05) is 12.1 Å². The van der Waals surface area contributed by atoms with Gasteiger partial charge in [0, 0.05) is 18.2 Å². The van der Waals surface area contributed by atoms with Gasteiger partial charge in [0.25, 0.3) is 5.69 Å². The van der Waals surface area contributed by atoms with E-state index in [1.54, 1.807) is 12.1 Å². The molecule has 0 bridgehead atoms. The summed E-state index contributed by atoms with van der Waals surface area (Å²) in [7, 11) is 0. The van der Waals surface area contributed by atoms with Gasteiger partial charge >= 0.3 is 0 Å². The highest BCUT2D eigenvalue weighted by Crippen LogP contribution is 2.12. The molecule has 118 valence electrons. The first-order valence-electron chi connectivity index (χ1n) is 8.10. The average molecular weight is 292 g/mol. The van der Waals surface area contributed by atoms with Crippen molar-refractivity contribution < 1.29 is 4.92 Å². The van der Waals surface area contributed by atoms with Gasteiger partial charge in [0.2, 0.25) is 0 Å². The molecule has 0 aromatic heterocycles. The smallest absolute Gasteiger partial charge is 0.269 e. The molecular weight excluding hydrogens is 264 g/mol. The van der Waals surface area contributed by atoms with Gasteiger partial charge < -0.3 is 5.32 Å². The zero-order chi connectivity index (χ0) is 15.5. The second-order valence-electron chi connectivity index (χ2n) is 5.73. The van der Waals surface area contributed by atoms with E-state index in [2.05, 4.69) is 19.2 Å². The molecule has 1 aromatic rings. The summed E-state index contributed by atoms with van der Waals surface area (Å²) in [6.45, 7) is 5.39. The Hall–Kier alpha value is -1.42. The van der Waals surface area contributed by atoms with Gasteiger partial charge in [0.15, 0.2) is 0 Å². The van der Waals surface area contributed by atoms with Gasteiger partial charge in [-0.15, -0.1) is 0 Å². The van der Waals surface area contributed by atoms with Crippen molar-refractivity contribution in [2.24, 2.45) is 0 Å². The fourth-order valence-corrected chi connectivity index (χ4v) is 2.40. The van der Waals surface area contributed by atoms with Crippen LogP contribution in [0.3, 0.4) is 0 Å². The van der Waals surface area contributed by atoms with Crippen molar-refractivity contribution in [2.75, 3.05) is 6.54 Å². The fourth-order valence-electron chi connectivity index (χ4n) is 2.40. The van der Waals surface area contributed by atoms with Gasteiger partial charge in [0.05, 0.1) is 4.92 Å². The molecule has 0 amide bonds. The van der Waals surface area contributed by atoms with E-state index in [9.17, 15) is 10.1 Å². The van der Waals surface area contributed by atoms with Crippen molar-refractivity contribution in [2.45, 2.75) is 64.8 Å². The number of hydrogen-bond donors (Lipinski definition) is 1. The first-order valence-corrected chi connectivity index (χ1v) is 8.10. The predicted molar refractivity (Wildman–Crippen MR) is 87.6 cm³/mol. The van der Waals surface area contributed by atoms with Crippen molar-refractivity contribution in [3.05, 3.63) is 39.9 Å². The topological polar surface area (TPSA) is 55.2 Å². The number of non-ortho nitro benzene ring substituents is 1. The molecule has 0 radical (unpaired) electrons. The molecule has 0 aliphatic rings. The molecule has 0 spiro atoms. The molecule has 21 heavy (non-hydrogen) atoms. The van der Waals surface area contributed by atoms with E-state index in [0.29, 0.717) is 6.04 Å². The Morgan fingerprint density at radius 3 is 2.43 bits per heavy atom. The first kappa shape index (κ1) is 17.6. The highest BCUT2D eigenvalue weighted by atomic mass is 16.6. The summed E-state index contributed by atoms with van der Waals surface area (Å²) in [6, 6.07) is 7.38. The van der Waals surface area contributed by atoms with Crippen LogP contribution < -0.4 is 5.32 Å². The van der Waals surface area contributed by atoms with Gasteiger partial charge in [-0.05, 0) is 31.9 Å². The molecule has 1 unspecified atom stereocenters. The summed E-state index contributed by atoms with van der Waals surface area (Å²) in [4.78, 5) is 10.2. The highest BCUT2D eigenvalue weighted by Gasteiger charge is 2.04. The molecule has 0 aliphatic heterocycles. The molecule has 0 saturated heterocycles. The third kappa shape index (κ3) is 7.81. The Morgan fingerprint density at radius 2 is 1.81 bits per heavy atom. The lowest BCUT2D eigenvalue weighted by Crippen LogP contribution is -2.27. The van der Waals surface area contributed by atoms with Crippen LogP contribution in [0, 0.1) is 10.1 Å². The second-order valence-corrected chi connectivity index (χ2v) is 5.73. The summed E-state index contributed by atoms with van der Waals surface area (Å²) in [5.41, 5.74) is 1.30. The number of rotatable bonds is 11. The Balaban J connectivity index is 2.13. The summed E-state index contributed by atoms with van der Waals surface area (Å²) >= 11 is 0. The first-order chi connectivity index (χ1) is 10.1. The van der Waals surface area contributed by atoms with Crippen LogP contribution in [0.1, 0.15) is 57.9 Å². The van der Waals surface area contributed by atoms with Crippen LogP contribution in [0.5, 0.6) is 0 Å². The lowest BCUT2D eigenvalue weighted by Gasteiger charge is -2.13. The van der Waals surface area contributed by atoms with Crippen molar-refractivity contribution in [1.29, 1.82) is 0 Å². The molecule has 0 heterocycles. The molecule has 4 heteroatoms. The molecule has 0 saturated carbocycles. The Bertz CT molecular complexity index is 404. The van der Waals surface area contributed by atoms with Crippen LogP contribution in [0.4, 0.5) is 5.69 Å². The second kappa shape index (κ2) is 10.3. The monoisotopic (exact) mass is 292 g/mol. The van der Waals surface area contributed by atoms with Crippen molar-refractivity contribution in [1.82, 2.24) is 5.32 Å². The van der Waals surface area contributed by atoms with E-state index >= 15 is 0 Å².